The van der Waals surface area contributed by atoms with Gasteiger partial charge in [-0.1, -0.05) is 48.5 Å². The minimum atomic E-state index is 0.780. The molecule has 28 heavy (non-hydrogen) atoms. The average Bonchev–Trinajstić information content (AvgIpc) is 3.30. The van der Waals surface area contributed by atoms with Gasteiger partial charge in [0.25, 0.3) is 0 Å². The molecule has 0 saturated carbocycles. The van der Waals surface area contributed by atoms with Crippen LogP contribution in [0.25, 0.3) is 33.6 Å². The molecule has 0 radical (unpaired) electrons. The molecule has 3 nitrogen and oxygen atoms in total. The van der Waals surface area contributed by atoms with Gasteiger partial charge in [0.1, 0.15) is 0 Å². The largest absolute Gasteiger partial charge is 0.443 e. The molecule has 0 N–H and O–H groups in total. The minimum Gasteiger partial charge on any atom is -0.443 e. The number of aromatic nitrogens is 1. The van der Waals surface area contributed by atoms with Crippen LogP contribution < -0.4 is 4.90 Å². The van der Waals surface area contributed by atoms with E-state index in [2.05, 4.69) is 90.5 Å². The van der Waals surface area contributed by atoms with Crippen molar-refractivity contribution in [3.63, 3.8) is 0 Å². The van der Waals surface area contributed by atoms with E-state index in [9.17, 15) is 0 Å². The first-order valence-electron chi connectivity index (χ1n) is 9.74. The second-order valence-corrected chi connectivity index (χ2v) is 6.71. The zero-order valence-corrected chi connectivity index (χ0v) is 16.3. The van der Waals surface area contributed by atoms with E-state index >= 15 is 0 Å². The predicted octanol–water partition coefficient (Wildman–Crippen LogP) is 6.52. The summed E-state index contributed by atoms with van der Waals surface area (Å²) in [5.41, 5.74) is 7.01. The fraction of sp³-hybridized carbons (Fsp3) is 0.160. The zero-order chi connectivity index (χ0) is 19.3. The Hall–Kier alpha value is -3.33. The SMILES string of the molecule is CCN(CC)c1ccc(-c2ccc(-c3cnco3)c(-c3ccccc3)c2)cc1. The van der Waals surface area contributed by atoms with E-state index in [0.29, 0.717) is 0 Å². The van der Waals surface area contributed by atoms with Gasteiger partial charge in [0.05, 0.1) is 6.20 Å². The smallest absolute Gasteiger partial charge is 0.181 e. The molecule has 0 bridgehead atoms. The number of hydrogen-bond acceptors (Lipinski definition) is 3. The van der Waals surface area contributed by atoms with Crippen LogP contribution in [-0.4, -0.2) is 18.1 Å². The zero-order valence-electron chi connectivity index (χ0n) is 16.3. The quantitative estimate of drug-likeness (QED) is 0.388. The summed E-state index contributed by atoms with van der Waals surface area (Å²) < 4.78 is 5.58. The Kier molecular flexibility index (Phi) is 5.24. The molecule has 1 aromatic heterocycles. The van der Waals surface area contributed by atoms with E-state index in [0.717, 1.165) is 35.5 Å². The summed E-state index contributed by atoms with van der Waals surface area (Å²) in [6.45, 7) is 6.40. The van der Waals surface area contributed by atoms with Gasteiger partial charge in [-0.15, -0.1) is 0 Å². The Morgan fingerprint density at radius 3 is 2.11 bits per heavy atom. The van der Waals surface area contributed by atoms with Gasteiger partial charge in [0, 0.05) is 24.3 Å². The molecule has 3 aromatic carbocycles. The van der Waals surface area contributed by atoms with E-state index < -0.39 is 0 Å². The van der Waals surface area contributed by atoms with Crippen LogP contribution in [0.15, 0.2) is 89.8 Å². The predicted molar refractivity (Wildman–Crippen MR) is 116 cm³/mol. The first-order valence-corrected chi connectivity index (χ1v) is 9.74. The highest BCUT2D eigenvalue weighted by Crippen LogP contribution is 2.36. The highest BCUT2D eigenvalue weighted by atomic mass is 16.3. The van der Waals surface area contributed by atoms with E-state index in [-0.39, 0.29) is 0 Å². The molecule has 0 atom stereocenters. The van der Waals surface area contributed by atoms with Crippen LogP contribution in [-0.2, 0) is 0 Å². The monoisotopic (exact) mass is 368 g/mol. The Balaban J connectivity index is 1.77. The van der Waals surface area contributed by atoms with Crippen LogP contribution in [0.4, 0.5) is 5.69 Å². The summed E-state index contributed by atoms with van der Waals surface area (Å²) in [5.74, 6) is 0.780. The first-order chi connectivity index (χ1) is 13.8. The lowest BCUT2D eigenvalue weighted by molar-refractivity contribution is 0.572. The standard InChI is InChI=1S/C25H24N2O/c1-3-27(4-2)22-13-10-19(11-14-22)21-12-15-23(25-17-26-18-28-25)24(16-21)20-8-6-5-7-9-20/h5-18H,3-4H2,1-2H3. The van der Waals surface area contributed by atoms with Gasteiger partial charge in [-0.25, -0.2) is 4.98 Å². The lowest BCUT2D eigenvalue weighted by Gasteiger charge is -2.21. The van der Waals surface area contributed by atoms with Crippen molar-refractivity contribution in [2.75, 3.05) is 18.0 Å². The van der Waals surface area contributed by atoms with Crippen molar-refractivity contribution in [2.45, 2.75) is 13.8 Å². The van der Waals surface area contributed by atoms with Gasteiger partial charge in [0.15, 0.2) is 12.2 Å². The molecular formula is C25H24N2O. The summed E-state index contributed by atoms with van der Waals surface area (Å²) >= 11 is 0. The third-order valence-electron chi connectivity index (χ3n) is 5.13. The molecule has 0 unspecified atom stereocenters. The van der Waals surface area contributed by atoms with Crippen LogP contribution in [0.5, 0.6) is 0 Å². The third kappa shape index (κ3) is 3.56. The van der Waals surface area contributed by atoms with Crippen LogP contribution in [0.1, 0.15) is 13.8 Å². The fourth-order valence-corrected chi connectivity index (χ4v) is 3.60. The molecule has 0 aliphatic rings. The third-order valence-corrected chi connectivity index (χ3v) is 5.13. The summed E-state index contributed by atoms with van der Waals surface area (Å²) in [6.07, 6.45) is 3.24. The van der Waals surface area contributed by atoms with Gasteiger partial charge in [-0.3, -0.25) is 0 Å². The van der Waals surface area contributed by atoms with Crippen molar-refractivity contribution in [1.29, 1.82) is 0 Å². The van der Waals surface area contributed by atoms with E-state index in [1.165, 1.54) is 23.2 Å². The normalized spacial score (nSPS) is 10.8. The highest BCUT2D eigenvalue weighted by molar-refractivity contribution is 5.85. The Morgan fingerprint density at radius 2 is 1.46 bits per heavy atom. The van der Waals surface area contributed by atoms with E-state index in [4.69, 9.17) is 4.42 Å². The first kappa shape index (κ1) is 18.1. The number of anilines is 1. The molecule has 4 aromatic rings. The van der Waals surface area contributed by atoms with Gasteiger partial charge >= 0.3 is 0 Å². The maximum absolute atomic E-state index is 5.58. The van der Waals surface area contributed by atoms with Crippen molar-refractivity contribution in [2.24, 2.45) is 0 Å². The van der Waals surface area contributed by atoms with Gasteiger partial charge < -0.3 is 9.32 Å². The lowest BCUT2D eigenvalue weighted by atomic mass is 9.93. The van der Waals surface area contributed by atoms with Crippen molar-refractivity contribution < 1.29 is 4.42 Å². The van der Waals surface area contributed by atoms with Crippen molar-refractivity contribution in [3.8, 4) is 33.6 Å². The summed E-state index contributed by atoms with van der Waals surface area (Å²) in [4.78, 5) is 6.44. The van der Waals surface area contributed by atoms with Crippen molar-refractivity contribution >= 4 is 5.69 Å². The molecule has 0 fully saturated rings. The van der Waals surface area contributed by atoms with Crippen LogP contribution in [0, 0.1) is 0 Å². The van der Waals surface area contributed by atoms with Crippen molar-refractivity contribution in [3.05, 3.63) is 85.4 Å². The van der Waals surface area contributed by atoms with Crippen molar-refractivity contribution in [1.82, 2.24) is 4.98 Å². The summed E-state index contributed by atoms with van der Waals surface area (Å²) in [6, 6.07) is 25.7. The molecule has 0 aliphatic heterocycles. The Morgan fingerprint density at radius 1 is 0.750 bits per heavy atom. The van der Waals surface area contributed by atoms with Crippen LogP contribution in [0.3, 0.4) is 0 Å². The number of oxazole rings is 1. The molecular weight excluding hydrogens is 344 g/mol. The molecule has 0 amide bonds. The summed E-state index contributed by atoms with van der Waals surface area (Å²) in [5, 5.41) is 0. The minimum absolute atomic E-state index is 0.780. The van der Waals surface area contributed by atoms with Gasteiger partial charge in [0.2, 0.25) is 0 Å². The molecule has 0 spiro atoms. The van der Waals surface area contributed by atoms with E-state index in [1.807, 2.05) is 6.07 Å². The molecule has 0 saturated heterocycles. The average molecular weight is 368 g/mol. The number of nitrogens with zero attached hydrogens (tertiary/aromatic N) is 2. The van der Waals surface area contributed by atoms with E-state index in [1.54, 1.807) is 6.20 Å². The number of hydrogen-bond donors (Lipinski definition) is 0. The Bertz CT molecular complexity index is 1020. The number of rotatable bonds is 6. The molecule has 3 heteroatoms. The Labute approximate surface area is 166 Å². The molecule has 4 rings (SSSR count). The van der Waals surface area contributed by atoms with Crippen LogP contribution in [0.2, 0.25) is 0 Å². The summed E-state index contributed by atoms with van der Waals surface area (Å²) in [7, 11) is 0. The van der Waals surface area contributed by atoms with Gasteiger partial charge in [-0.2, -0.15) is 0 Å². The number of benzene rings is 3. The molecule has 140 valence electrons. The second-order valence-electron chi connectivity index (χ2n) is 6.71. The maximum atomic E-state index is 5.58. The maximum Gasteiger partial charge on any atom is 0.181 e. The molecule has 1 heterocycles. The second kappa shape index (κ2) is 8.13. The van der Waals surface area contributed by atoms with Crippen LogP contribution >= 0.6 is 0 Å². The topological polar surface area (TPSA) is 29.3 Å². The lowest BCUT2D eigenvalue weighted by Crippen LogP contribution is -2.21. The molecule has 0 aliphatic carbocycles. The highest BCUT2D eigenvalue weighted by Gasteiger charge is 2.12. The van der Waals surface area contributed by atoms with Gasteiger partial charge in [-0.05, 0) is 60.4 Å². The fourth-order valence-electron chi connectivity index (χ4n) is 3.60.